The molecule has 3 heteroatoms. The van der Waals surface area contributed by atoms with Crippen molar-refractivity contribution in [3.8, 4) is 0 Å². The fraction of sp³-hybridized carbons (Fsp3) is 0.895. The Balaban J connectivity index is 3.18. The van der Waals surface area contributed by atoms with Crippen molar-refractivity contribution < 1.29 is 9.53 Å². The van der Waals surface area contributed by atoms with Crippen LogP contribution in [0.15, 0.2) is 0 Å². The van der Waals surface area contributed by atoms with Crippen molar-refractivity contribution in [3.63, 3.8) is 0 Å². The number of methoxy groups -OCH3 is 1. The molecule has 0 radical (unpaired) electrons. The summed E-state index contributed by atoms with van der Waals surface area (Å²) in [6.45, 7) is 2.26. The molecule has 1 N–H and O–H groups in total. The molecule has 0 rings (SSSR count). The molecule has 0 aromatic carbocycles. The molecule has 0 aromatic rings. The van der Waals surface area contributed by atoms with Gasteiger partial charge in [0.25, 0.3) is 0 Å². The Morgan fingerprint density at radius 1 is 0.727 bits per heavy atom. The van der Waals surface area contributed by atoms with Crippen LogP contribution in [-0.2, 0) is 9.53 Å². The van der Waals surface area contributed by atoms with Crippen LogP contribution in [0.3, 0.4) is 0 Å². The van der Waals surface area contributed by atoms with E-state index in [1.807, 2.05) is 0 Å². The molecule has 0 heterocycles. The number of rotatable bonds is 16. The van der Waals surface area contributed by atoms with Crippen molar-refractivity contribution in [1.82, 2.24) is 0 Å². The molecule has 22 heavy (non-hydrogen) atoms. The Labute approximate surface area is 137 Å². The summed E-state index contributed by atoms with van der Waals surface area (Å²) in [6.07, 6.45) is 17.6. The van der Waals surface area contributed by atoms with Gasteiger partial charge in [-0.1, -0.05) is 71.1 Å². The zero-order valence-corrected chi connectivity index (χ0v) is 14.9. The summed E-state index contributed by atoms with van der Waals surface area (Å²) in [5.41, 5.74) is 0.792. The van der Waals surface area contributed by atoms with E-state index in [4.69, 9.17) is 5.41 Å². The largest absolute Gasteiger partial charge is 0.469 e. The van der Waals surface area contributed by atoms with E-state index in [1.54, 1.807) is 0 Å². The molecular weight excluding hydrogens is 274 g/mol. The number of unbranched alkanes of at least 4 members (excludes halogenated alkanes) is 10. The van der Waals surface area contributed by atoms with Crippen molar-refractivity contribution >= 4 is 11.7 Å². The van der Waals surface area contributed by atoms with Gasteiger partial charge in [-0.2, -0.15) is 0 Å². The lowest BCUT2D eigenvalue weighted by atomic mass is 10.0. The highest BCUT2D eigenvalue weighted by Crippen LogP contribution is 2.12. The first kappa shape index (κ1) is 21.1. The van der Waals surface area contributed by atoms with Gasteiger partial charge in [-0.25, -0.2) is 0 Å². The molecule has 0 unspecified atom stereocenters. The summed E-state index contributed by atoms with van der Waals surface area (Å²) in [4.78, 5) is 11.0. The minimum absolute atomic E-state index is 0.164. The Morgan fingerprint density at radius 3 is 1.68 bits per heavy atom. The standard InChI is InChI=1S/C19H37NO2/c1-3-4-5-6-7-8-9-10-11-12-13-15-18(20)16-14-17-19(21)22-2/h20H,3-17H2,1-2H3. The number of hydrogen-bond donors (Lipinski definition) is 1. The van der Waals surface area contributed by atoms with E-state index in [2.05, 4.69) is 11.7 Å². The zero-order valence-electron chi connectivity index (χ0n) is 14.9. The van der Waals surface area contributed by atoms with Gasteiger partial charge in [-0.15, -0.1) is 0 Å². The van der Waals surface area contributed by atoms with Crippen molar-refractivity contribution in [3.05, 3.63) is 0 Å². The minimum atomic E-state index is -0.164. The van der Waals surface area contributed by atoms with Gasteiger partial charge >= 0.3 is 5.97 Å². The van der Waals surface area contributed by atoms with Gasteiger partial charge in [0.05, 0.1) is 7.11 Å². The normalized spacial score (nSPS) is 10.6. The first-order valence-corrected chi connectivity index (χ1v) is 9.33. The van der Waals surface area contributed by atoms with Crippen LogP contribution in [0.5, 0.6) is 0 Å². The van der Waals surface area contributed by atoms with Crippen LogP contribution >= 0.6 is 0 Å². The van der Waals surface area contributed by atoms with Gasteiger partial charge in [-0.3, -0.25) is 4.79 Å². The van der Waals surface area contributed by atoms with E-state index in [0.29, 0.717) is 6.42 Å². The summed E-state index contributed by atoms with van der Waals surface area (Å²) in [5, 5.41) is 7.86. The lowest BCUT2D eigenvalue weighted by Crippen LogP contribution is -2.02. The molecule has 0 atom stereocenters. The third-order valence-corrected chi connectivity index (χ3v) is 4.17. The SMILES string of the molecule is CCCCCCCCCCCCCC(=N)CCCC(=O)OC. The van der Waals surface area contributed by atoms with E-state index in [9.17, 15) is 4.79 Å². The van der Waals surface area contributed by atoms with Crippen LogP contribution in [0, 0.1) is 5.41 Å². The smallest absolute Gasteiger partial charge is 0.305 e. The Bertz CT molecular complexity index is 277. The quantitative estimate of drug-likeness (QED) is 0.214. The van der Waals surface area contributed by atoms with Gasteiger partial charge in [0.1, 0.15) is 0 Å². The second-order valence-corrected chi connectivity index (χ2v) is 6.32. The van der Waals surface area contributed by atoms with Crippen molar-refractivity contribution in [2.75, 3.05) is 7.11 Å². The van der Waals surface area contributed by atoms with Crippen LogP contribution < -0.4 is 0 Å². The molecular formula is C19H37NO2. The molecule has 0 bridgehead atoms. The maximum absolute atomic E-state index is 11.0. The average molecular weight is 312 g/mol. The summed E-state index contributed by atoms with van der Waals surface area (Å²) >= 11 is 0. The lowest BCUT2D eigenvalue weighted by molar-refractivity contribution is -0.140. The first-order chi connectivity index (χ1) is 10.7. The highest BCUT2D eigenvalue weighted by Gasteiger charge is 2.02. The lowest BCUT2D eigenvalue weighted by Gasteiger charge is -2.04. The highest BCUT2D eigenvalue weighted by atomic mass is 16.5. The second kappa shape index (κ2) is 16.5. The summed E-state index contributed by atoms with van der Waals surface area (Å²) in [5.74, 6) is -0.164. The molecule has 130 valence electrons. The first-order valence-electron chi connectivity index (χ1n) is 9.33. The third-order valence-electron chi connectivity index (χ3n) is 4.17. The van der Waals surface area contributed by atoms with E-state index in [0.717, 1.165) is 31.4 Å². The molecule has 0 spiro atoms. The van der Waals surface area contributed by atoms with Crippen LogP contribution in [0.4, 0.5) is 0 Å². The number of carbonyl (C=O) groups excluding carboxylic acids is 1. The fourth-order valence-electron chi connectivity index (χ4n) is 2.68. The maximum Gasteiger partial charge on any atom is 0.305 e. The molecule has 0 saturated heterocycles. The van der Waals surface area contributed by atoms with Gasteiger partial charge in [0.15, 0.2) is 0 Å². The fourth-order valence-corrected chi connectivity index (χ4v) is 2.68. The molecule has 0 saturated carbocycles. The zero-order chi connectivity index (χ0) is 16.5. The molecule has 0 amide bonds. The van der Waals surface area contributed by atoms with Crippen molar-refractivity contribution in [1.29, 1.82) is 5.41 Å². The molecule has 0 aliphatic heterocycles. The highest BCUT2D eigenvalue weighted by molar-refractivity contribution is 5.81. The molecule has 0 aromatic heterocycles. The van der Waals surface area contributed by atoms with Gasteiger partial charge in [0.2, 0.25) is 0 Å². The van der Waals surface area contributed by atoms with Crippen LogP contribution in [0.1, 0.15) is 103 Å². The number of hydrogen-bond acceptors (Lipinski definition) is 3. The summed E-state index contributed by atoms with van der Waals surface area (Å²) < 4.78 is 4.60. The van der Waals surface area contributed by atoms with Gasteiger partial charge < -0.3 is 10.1 Å². The van der Waals surface area contributed by atoms with Crippen molar-refractivity contribution in [2.24, 2.45) is 0 Å². The van der Waals surface area contributed by atoms with E-state index >= 15 is 0 Å². The Morgan fingerprint density at radius 2 is 1.18 bits per heavy atom. The molecule has 0 fully saturated rings. The Kier molecular flexibility index (Phi) is 15.9. The predicted octanol–water partition coefficient (Wildman–Crippen LogP) is 6.05. The number of nitrogens with one attached hydrogen (secondary N) is 1. The topological polar surface area (TPSA) is 50.2 Å². The molecule has 0 aliphatic carbocycles. The number of ether oxygens (including phenoxy) is 1. The van der Waals surface area contributed by atoms with Crippen LogP contribution in [0.25, 0.3) is 0 Å². The predicted molar refractivity (Wildman–Crippen MR) is 94.7 cm³/mol. The minimum Gasteiger partial charge on any atom is -0.469 e. The molecule has 0 aliphatic rings. The van der Waals surface area contributed by atoms with E-state index < -0.39 is 0 Å². The van der Waals surface area contributed by atoms with E-state index in [-0.39, 0.29) is 5.97 Å². The average Bonchev–Trinajstić information content (AvgIpc) is 2.52. The summed E-state index contributed by atoms with van der Waals surface area (Å²) in [6, 6.07) is 0. The Hall–Kier alpha value is -0.860. The van der Waals surface area contributed by atoms with Crippen LogP contribution in [-0.4, -0.2) is 18.8 Å². The third kappa shape index (κ3) is 15.5. The van der Waals surface area contributed by atoms with Gasteiger partial charge in [-0.05, 0) is 25.7 Å². The van der Waals surface area contributed by atoms with E-state index in [1.165, 1.54) is 71.3 Å². The monoisotopic (exact) mass is 311 g/mol. The van der Waals surface area contributed by atoms with Crippen molar-refractivity contribution in [2.45, 2.75) is 103 Å². The van der Waals surface area contributed by atoms with Gasteiger partial charge in [0, 0.05) is 12.1 Å². The second-order valence-electron chi connectivity index (χ2n) is 6.32. The maximum atomic E-state index is 11.0. The molecule has 3 nitrogen and oxygen atoms in total. The van der Waals surface area contributed by atoms with Crippen LogP contribution in [0.2, 0.25) is 0 Å². The number of carbonyl (C=O) groups is 1. The number of esters is 1. The summed E-state index contributed by atoms with van der Waals surface area (Å²) in [7, 11) is 1.42.